The molecule has 0 rings (SSSR count). The van der Waals surface area contributed by atoms with Gasteiger partial charge in [-0.05, 0) is 24.0 Å². The van der Waals surface area contributed by atoms with Gasteiger partial charge < -0.3 is 10.2 Å². The van der Waals surface area contributed by atoms with Crippen molar-refractivity contribution in [2.75, 3.05) is 0 Å². The minimum Gasteiger partial charge on any atom is -0.513 e. The minimum atomic E-state index is 0.353. The van der Waals surface area contributed by atoms with Crippen LogP contribution in [0.1, 0.15) is 40.5 Å². The summed E-state index contributed by atoms with van der Waals surface area (Å²) in [5.41, 5.74) is 0. The molecule has 0 aliphatic rings. The molecule has 0 heterocycles. The van der Waals surface area contributed by atoms with Gasteiger partial charge in [-0.2, -0.15) is 0 Å². The quantitative estimate of drug-likeness (QED) is 0.656. The van der Waals surface area contributed by atoms with Crippen molar-refractivity contribution in [1.29, 1.82) is 0 Å². The van der Waals surface area contributed by atoms with Crippen molar-refractivity contribution in [2.45, 2.75) is 40.5 Å². The lowest BCUT2D eigenvalue weighted by Gasteiger charge is -2.03. The van der Waals surface area contributed by atoms with Crippen molar-refractivity contribution < 1.29 is 10.2 Å². The van der Waals surface area contributed by atoms with E-state index in [1.54, 1.807) is 0 Å². The summed E-state index contributed by atoms with van der Waals surface area (Å²) in [5, 5.41) is 18.9. The van der Waals surface area contributed by atoms with Gasteiger partial charge in [0.15, 0.2) is 0 Å². The molecule has 14 heavy (non-hydrogen) atoms. The average molecular weight is 198 g/mol. The zero-order valence-electron chi connectivity index (χ0n) is 9.62. The summed E-state index contributed by atoms with van der Waals surface area (Å²) in [6.07, 6.45) is 4.66. The summed E-state index contributed by atoms with van der Waals surface area (Å²) in [6, 6.07) is 0. The third-order valence-electron chi connectivity index (χ3n) is 1.69. The molecule has 0 saturated carbocycles. The van der Waals surface area contributed by atoms with Crippen molar-refractivity contribution in [3.05, 3.63) is 23.7 Å². The molecule has 0 saturated heterocycles. The normalized spacial score (nSPS) is 14.1. The van der Waals surface area contributed by atoms with E-state index in [1.807, 2.05) is 39.8 Å². The van der Waals surface area contributed by atoms with E-state index in [0.29, 0.717) is 36.2 Å². The van der Waals surface area contributed by atoms with E-state index in [0.717, 1.165) is 0 Å². The van der Waals surface area contributed by atoms with Crippen LogP contribution in [0.25, 0.3) is 0 Å². The van der Waals surface area contributed by atoms with Crippen molar-refractivity contribution in [3.63, 3.8) is 0 Å². The van der Waals surface area contributed by atoms with Crippen LogP contribution in [0.5, 0.6) is 0 Å². The monoisotopic (exact) mass is 198 g/mol. The summed E-state index contributed by atoms with van der Waals surface area (Å²) in [4.78, 5) is 0. The van der Waals surface area contributed by atoms with Gasteiger partial charge in [-0.3, -0.25) is 0 Å². The van der Waals surface area contributed by atoms with Gasteiger partial charge in [0.05, 0.1) is 11.5 Å². The lowest BCUT2D eigenvalue weighted by Crippen LogP contribution is -1.91. The SMILES string of the molecule is CC(C)C=C(O)CCC(O)=CC(C)C. The standard InChI is InChI=1S/C12H22O2/c1-9(2)7-11(13)5-6-12(14)8-10(3)4/h7-10,13-14H,5-6H2,1-4H3. The second-order valence-electron chi connectivity index (χ2n) is 4.30. The van der Waals surface area contributed by atoms with E-state index in [1.165, 1.54) is 0 Å². The van der Waals surface area contributed by atoms with Crippen LogP contribution in [0.3, 0.4) is 0 Å². The fourth-order valence-electron chi connectivity index (χ4n) is 1.19. The molecule has 2 nitrogen and oxygen atoms in total. The maximum atomic E-state index is 9.43. The van der Waals surface area contributed by atoms with Gasteiger partial charge in [0, 0.05) is 12.8 Å². The summed E-state index contributed by atoms with van der Waals surface area (Å²) < 4.78 is 0. The molecular weight excluding hydrogens is 176 g/mol. The Balaban J connectivity index is 3.94. The van der Waals surface area contributed by atoms with E-state index in [-0.39, 0.29) is 0 Å². The van der Waals surface area contributed by atoms with Crippen molar-refractivity contribution in [1.82, 2.24) is 0 Å². The Morgan fingerprint density at radius 3 is 1.36 bits per heavy atom. The molecule has 2 N–H and O–H groups in total. The van der Waals surface area contributed by atoms with Crippen LogP contribution in [0.4, 0.5) is 0 Å². The molecule has 0 atom stereocenters. The van der Waals surface area contributed by atoms with Gasteiger partial charge in [0.25, 0.3) is 0 Å². The van der Waals surface area contributed by atoms with Crippen LogP contribution < -0.4 is 0 Å². The number of hydrogen-bond donors (Lipinski definition) is 2. The van der Waals surface area contributed by atoms with Crippen LogP contribution in [0.15, 0.2) is 23.7 Å². The molecule has 0 aliphatic carbocycles. The molecule has 82 valence electrons. The summed E-state index contributed by atoms with van der Waals surface area (Å²) >= 11 is 0. The molecule has 0 radical (unpaired) electrons. The lowest BCUT2D eigenvalue weighted by atomic mass is 10.1. The molecule has 0 aromatic carbocycles. The topological polar surface area (TPSA) is 40.5 Å². The highest BCUT2D eigenvalue weighted by atomic mass is 16.3. The van der Waals surface area contributed by atoms with E-state index >= 15 is 0 Å². The van der Waals surface area contributed by atoms with Gasteiger partial charge in [0.1, 0.15) is 0 Å². The van der Waals surface area contributed by atoms with E-state index in [2.05, 4.69) is 0 Å². The minimum absolute atomic E-state index is 0.353. The van der Waals surface area contributed by atoms with Gasteiger partial charge in [-0.25, -0.2) is 0 Å². The summed E-state index contributed by atoms with van der Waals surface area (Å²) in [7, 11) is 0. The molecule has 0 aliphatic heterocycles. The molecule has 0 fully saturated rings. The number of allylic oxidation sites excluding steroid dienone is 4. The Hall–Kier alpha value is -0.920. The predicted molar refractivity (Wildman–Crippen MR) is 60.3 cm³/mol. The van der Waals surface area contributed by atoms with Gasteiger partial charge >= 0.3 is 0 Å². The summed E-state index contributed by atoms with van der Waals surface area (Å²) in [5.74, 6) is 1.44. The molecule has 0 unspecified atom stereocenters. The number of rotatable bonds is 5. The fourth-order valence-corrected chi connectivity index (χ4v) is 1.19. The average Bonchev–Trinajstić information content (AvgIpc) is 1.98. The molecule has 0 bridgehead atoms. The highest BCUT2D eigenvalue weighted by Gasteiger charge is 1.99. The second-order valence-corrected chi connectivity index (χ2v) is 4.30. The third kappa shape index (κ3) is 7.71. The van der Waals surface area contributed by atoms with Gasteiger partial charge in [0.2, 0.25) is 0 Å². The number of aliphatic hydroxyl groups is 2. The van der Waals surface area contributed by atoms with Crippen LogP contribution >= 0.6 is 0 Å². The predicted octanol–water partition coefficient (Wildman–Crippen LogP) is 3.96. The van der Waals surface area contributed by atoms with Crippen LogP contribution in [0, 0.1) is 11.8 Å². The van der Waals surface area contributed by atoms with Crippen molar-refractivity contribution in [2.24, 2.45) is 11.8 Å². The number of hydrogen-bond acceptors (Lipinski definition) is 2. The van der Waals surface area contributed by atoms with E-state index in [9.17, 15) is 10.2 Å². The maximum absolute atomic E-state index is 9.43. The van der Waals surface area contributed by atoms with Crippen LogP contribution in [-0.4, -0.2) is 10.2 Å². The highest BCUT2D eigenvalue weighted by Crippen LogP contribution is 2.11. The molecule has 2 heteroatoms. The Bertz CT molecular complexity index is 188. The van der Waals surface area contributed by atoms with Crippen LogP contribution in [-0.2, 0) is 0 Å². The highest BCUT2D eigenvalue weighted by molar-refractivity contribution is 4.99. The van der Waals surface area contributed by atoms with E-state index in [4.69, 9.17) is 0 Å². The Morgan fingerprint density at radius 2 is 1.14 bits per heavy atom. The lowest BCUT2D eigenvalue weighted by molar-refractivity contribution is 0.345. The first kappa shape index (κ1) is 13.1. The molecule has 0 aromatic rings. The third-order valence-corrected chi connectivity index (χ3v) is 1.69. The van der Waals surface area contributed by atoms with Crippen molar-refractivity contribution in [3.8, 4) is 0 Å². The first-order chi connectivity index (χ1) is 6.41. The Labute approximate surface area is 87.0 Å². The van der Waals surface area contributed by atoms with Crippen LogP contribution in [0.2, 0.25) is 0 Å². The molecular formula is C12H22O2. The van der Waals surface area contributed by atoms with Crippen molar-refractivity contribution >= 4 is 0 Å². The Kier molecular flexibility index (Phi) is 6.09. The van der Waals surface area contributed by atoms with Gasteiger partial charge in [-0.1, -0.05) is 27.7 Å². The first-order valence-electron chi connectivity index (χ1n) is 5.21. The fraction of sp³-hybridized carbons (Fsp3) is 0.667. The Morgan fingerprint density at radius 1 is 0.857 bits per heavy atom. The number of aliphatic hydroxyl groups excluding tert-OH is 2. The van der Waals surface area contributed by atoms with E-state index < -0.39 is 0 Å². The molecule has 0 amide bonds. The first-order valence-corrected chi connectivity index (χ1v) is 5.21. The second kappa shape index (κ2) is 6.52. The smallest absolute Gasteiger partial charge is 0.0889 e. The summed E-state index contributed by atoms with van der Waals surface area (Å²) in [6.45, 7) is 8.06. The maximum Gasteiger partial charge on any atom is 0.0889 e. The largest absolute Gasteiger partial charge is 0.513 e. The molecule has 0 aromatic heterocycles. The zero-order chi connectivity index (χ0) is 11.1. The zero-order valence-corrected chi connectivity index (χ0v) is 9.62. The molecule has 0 spiro atoms. The van der Waals surface area contributed by atoms with Gasteiger partial charge in [-0.15, -0.1) is 0 Å².